The molecular formula is C18H13N5O4. The third-order valence-electron chi connectivity index (χ3n) is 3.31. The minimum Gasteiger partial charge on any atom is -0.439 e. The van der Waals surface area contributed by atoms with Gasteiger partial charge in [0.25, 0.3) is 11.6 Å². The number of hydrazone groups is 1. The SMILES string of the molecule is O=C(N/N=C\c1ccc(Oc2ccc([N+](=O)[O-])cn2)cc1)c1ccccn1. The van der Waals surface area contributed by atoms with E-state index in [1.165, 1.54) is 24.5 Å². The Kier molecular flexibility index (Phi) is 5.43. The molecule has 0 unspecified atom stereocenters. The van der Waals surface area contributed by atoms with Crippen LogP contribution in [0.25, 0.3) is 0 Å². The Bertz CT molecular complexity index is 957. The van der Waals surface area contributed by atoms with Crippen LogP contribution in [0.2, 0.25) is 0 Å². The van der Waals surface area contributed by atoms with Gasteiger partial charge < -0.3 is 4.74 Å². The molecule has 2 aromatic heterocycles. The first-order valence-electron chi connectivity index (χ1n) is 7.74. The molecule has 27 heavy (non-hydrogen) atoms. The van der Waals surface area contributed by atoms with Crippen molar-refractivity contribution in [2.75, 3.05) is 0 Å². The van der Waals surface area contributed by atoms with Crippen LogP contribution < -0.4 is 10.2 Å². The largest absolute Gasteiger partial charge is 0.439 e. The van der Waals surface area contributed by atoms with Gasteiger partial charge in [0, 0.05) is 18.3 Å². The van der Waals surface area contributed by atoms with Crippen molar-refractivity contribution in [3.8, 4) is 11.6 Å². The summed E-state index contributed by atoms with van der Waals surface area (Å²) in [6, 6.07) is 14.6. The van der Waals surface area contributed by atoms with Gasteiger partial charge in [-0.3, -0.25) is 19.9 Å². The van der Waals surface area contributed by atoms with Gasteiger partial charge in [0.1, 0.15) is 17.6 Å². The molecule has 9 heteroatoms. The summed E-state index contributed by atoms with van der Waals surface area (Å²) in [4.78, 5) is 29.7. The fraction of sp³-hybridized carbons (Fsp3) is 0. The Hall–Kier alpha value is -4.14. The van der Waals surface area contributed by atoms with Crippen LogP contribution in [0.15, 0.2) is 72.1 Å². The lowest BCUT2D eigenvalue weighted by molar-refractivity contribution is -0.385. The van der Waals surface area contributed by atoms with Crippen LogP contribution in [0.3, 0.4) is 0 Å². The van der Waals surface area contributed by atoms with Crippen LogP contribution in [0.4, 0.5) is 5.69 Å². The first-order valence-corrected chi connectivity index (χ1v) is 7.74. The van der Waals surface area contributed by atoms with Crippen molar-refractivity contribution in [1.29, 1.82) is 0 Å². The smallest absolute Gasteiger partial charge is 0.289 e. The van der Waals surface area contributed by atoms with E-state index in [-0.39, 0.29) is 17.3 Å². The molecule has 0 aliphatic heterocycles. The lowest BCUT2D eigenvalue weighted by atomic mass is 10.2. The number of carbonyl (C=O) groups is 1. The molecule has 9 nitrogen and oxygen atoms in total. The number of amides is 1. The predicted octanol–water partition coefficient (Wildman–Crippen LogP) is 2.94. The summed E-state index contributed by atoms with van der Waals surface area (Å²) in [5.74, 6) is 0.340. The number of ether oxygens (including phenoxy) is 1. The molecule has 3 aromatic rings. The van der Waals surface area contributed by atoms with E-state index in [2.05, 4.69) is 20.5 Å². The lowest BCUT2D eigenvalue weighted by Crippen LogP contribution is -2.18. The molecule has 0 radical (unpaired) electrons. The Morgan fingerprint density at radius 3 is 2.56 bits per heavy atom. The summed E-state index contributed by atoms with van der Waals surface area (Å²) < 4.78 is 5.51. The lowest BCUT2D eigenvalue weighted by Gasteiger charge is -2.04. The zero-order chi connectivity index (χ0) is 19.1. The number of pyridine rings is 2. The second kappa shape index (κ2) is 8.30. The number of nitrogens with zero attached hydrogens (tertiary/aromatic N) is 4. The molecule has 0 fully saturated rings. The number of nitro groups is 1. The fourth-order valence-corrected chi connectivity index (χ4v) is 2.00. The van der Waals surface area contributed by atoms with Gasteiger partial charge in [-0.25, -0.2) is 10.4 Å². The molecule has 0 spiro atoms. The number of hydrogen-bond donors (Lipinski definition) is 1. The minimum atomic E-state index is -0.530. The summed E-state index contributed by atoms with van der Waals surface area (Å²) in [6.07, 6.45) is 4.13. The molecule has 0 saturated heterocycles. The molecular weight excluding hydrogens is 350 g/mol. The van der Waals surface area contributed by atoms with Gasteiger partial charge in [-0.05, 0) is 42.0 Å². The fourth-order valence-electron chi connectivity index (χ4n) is 2.00. The van der Waals surface area contributed by atoms with Gasteiger partial charge in [0.15, 0.2) is 0 Å². The zero-order valence-corrected chi connectivity index (χ0v) is 13.9. The number of rotatable bonds is 6. The molecule has 1 aromatic carbocycles. The molecule has 3 rings (SSSR count). The maximum atomic E-state index is 11.8. The van der Waals surface area contributed by atoms with E-state index in [0.717, 1.165) is 11.8 Å². The molecule has 0 bridgehead atoms. The summed E-state index contributed by atoms with van der Waals surface area (Å²) in [7, 11) is 0. The molecule has 0 aliphatic rings. The van der Waals surface area contributed by atoms with Gasteiger partial charge in [-0.1, -0.05) is 6.07 Å². The maximum absolute atomic E-state index is 11.8. The third-order valence-corrected chi connectivity index (χ3v) is 3.31. The van der Waals surface area contributed by atoms with E-state index >= 15 is 0 Å². The average molecular weight is 363 g/mol. The topological polar surface area (TPSA) is 120 Å². The highest BCUT2D eigenvalue weighted by Crippen LogP contribution is 2.21. The van der Waals surface area contributed by atoms with Crippen molar-refractivity contribution in [3.63, 3.8) is 0 Å². The van der Waals surface area contributed by atoms with Crippen LogP contribution >= 0.6 is 0 Å². The first kappa shape index (κ1) is 17.7. The van der Waals surface area contributed by atoms with Crippen molar-refractivity contribution in [1.82, 2.24) is 15.4 Å². The Balaban J connectivity index is 1.56. The van der Waals surface area contributed by atoms with Crippen molar-refractivity contribution < 1.29 is 14.5 Å². The molecule has 0 saturated carbocycles. The van der Waals surface area contributed by atoms with Gasteiger partial charge in [-0.2, -0.15) is 5.10 Å². The molecule has 0 atom stereocenters. The quantitative estimate of drug-likeness (QED) is 0.408. The van der Waals surface area contributed by atoms with Crippen molar-refractivity contribution in [2.45, 2.75) is 0 Å². The van der Waals surface area contributed by atoms with Gasteiger partial charge >= 0.3 is 0 Å². The monoisotopic (exact) mass is 363 g/mol. The highest BCUT2D eigenvalue weighted by molar-refractivity contribution is 5.93. The van der Waals surface area contributed by atoms with Crippen molar-refractivity contribution in [3.05, 3.63) is 88.4 Å². The summed E-state index contributed by atoms with van der Waals surface area (Å²) >= 11 is 0. The van der Waals surface area contributed by atoms with Gasteiger partial charge in [0.05, 0.1) is 11.1 Å². The van der Waals surface area contributed by atoms with Crippen molar-refractivity contribution in [2.24, 2.45) is 5.10 Å². The molecule has 2 heterocycles. The number of benzene rings is 1. The highest BCUT2D eigenvalue weighted by atomic mass is 16.6. The molecule has 1 N–H and O–H groups in total. The van der Waals surface area contributed by atoms with E-state index in [1.807, 2.05) is 0 Å². The number of nitrogens with one attached hydrogen (secondary N) is 1. The zero-order valence-electron chi connectivity index (χ0n) is 13.9. The number of hydrogen-bond acceptors (Lipinski definition) is 7. The van der Waals surface area contributed by atoms with Gasteiger partial charge in [-0.15, -0.1) is 0 Å². The van der Waals surface area contributed by atoms with Crippen LogP contribution in [0.1, 0.15) is 16.1 Å². The normalized spacial score (nSPS) is 10.5. The van der Waals surface area contributed by atoms with Crippen LogP contribution in [0.5, 0.6) is 11.6 Å². The number of carbonyl (C=O) groups excluding carboxylic acids is 1. The molecule has 1 amide bonds. The van der Waals surface area contributed by atoms with Crippen LogP contribution in [-0.2, 0) is 0 Å². The van der Waals surface area contributed by atoms with E-state index in [1.54, 1.807) is 42.5 Å². The Labute approximate surface area is 153 Å². The van der Waals surface area contributed by atoms with E-state index in [4.69, 9.17) is 4.74 Å². The average Bonchev–Trinajstić information content (AvgIpc) is 2.70. The van der Waals surface area contributed by atoms with E-state index < -0.39 is 10.8 Å². The van der Waals surface area contributed by atoms with E-state index in [0.29, 0.717) is 5.75 Å². The highest BCUT2D eigenvalue weighted by Gasteiger charge is 2.06. The molecule has 134 valence electrons. The maximum Gasteiger partial charge on any atom is 0.289 e. The Morgan fingerprint density at radius 1 is 1.11 bits per heavy atom. The van der Waals surface area contributed by atoms with Crippen molar-refractivity contribution >= 4 is 17.8 Å². The summed E-state index contributed by atoms with van der Waals surface area (Å²) in [5.41, 5.74) is 3.29. The van der Waals surface area contributed by atoms with E-state index in [9.17, 15) is 14.9 Å². The predicted molar refractivity (Wildman–Crippen MR) is 96.7 cm³/mol. The molecule has 0 aliphatic carbocycles. The first-order chi connectivity index (χ1) is 13.1. The second-order valence-electron chi connectivity index (χ2n) is 5.20. The minimum absolute atomic E-state index is 0.110. The third kappa shape index (κ3) is 4.92. The second-order valence-corrected chi connectivity index (χ2v) is 5.20. The number of aromatic nitrogens is 2. The standard InChI is InChI=1S/C18H13N5O4/c24-18(16-3-1-2-10-19-16)22-21-11-13-4-7-15(8-5-13)27-17-9-6-14(12-20-17)23(25)26/h1-12H,(H,22,24)/b21-11-. The summed E-state index contributed by atoms with van der Waals surface area (Å²) in [5, 5.41) is 14.5. The van der Waals surface area contributed by atoms with Crippen LogP contribution in [0, 0.1) is 10.1 Å². The summed E-state index contributed by atoms with van der Waals surface area (Å²) in [6.45, 7) is 0. The van der Waals surface area contributed by atoms with Gasteiger partial charge in [0.2, 0.25) is 5.88 Å². The van der Waals surface area contributed by atoms with Crippen LogP contribution in [-0.4, -0.2) is 27.0 Å². The Morgan fingerprint density at radius 2 is 1.93 bits per heavy atom.